The van der Waals surface area contributed by atoms with E-state index in [2.05, 4.69) is 15.0 Å². The number of hydrogen-bond donors (Lipinski definition) is 1. The normalized spacial score (nSPS) is 17.6. The molecule has 2 unspecified atom stereocenters. The van der Waals surface area contributed by atoms with E-state index in [9.17, 15) is 24.3 Å². The third kappa shape index (κ3) is 4.41. The van der Waals surface area contributed by atoms with Crippen molar-refractivity contribution in [3.63, 3.8) is 0 Å². The van der Waals surface area contributed by atoms with Gasteiger partial charge in [-0.05, 0) is 38.0 Å². The van der Waals surface area contributed by atoms with E-state index in [4.69, 9.17) is 4.74 Å². The highest BCUT2D eigenvalue weighted by Crippen LogP contribution is 2.29. The summed E-state index contributed by atoms with van der Waals surface area (Å²) in [5.41, 5.74) is -0.276. The molecule has 9 nitrogen and oxygen atoms in total. The van der Waals surface area contributed by atoms with Crippen molar-refractivity contribution in [2.45, 2.75) is 31.9 Å². The van der Waals surface area contributed by atoms with Crippen molar-refractivity contribution in [1.29, 1.82) is 5.26 Å². The van der Waals surface area contributed by atoms with E-state index in [0.717, 1.165) is 0 Å². The molecule has 172 valence electrons. The maximum atomic E-state index is 14.9. The Morgan fingerprint density at radius 1 is 1.12 bits per heavy atom. The molecule has 10 heteroatoms. The number of carboxylic acids is 1. The average Bonchev–Trinajstić information content (AvgIpc) is 2.84. The van der Waals surface area contributed by atoms with Gasteiger partial charge in [0.25, 0.3) is 5.91 Å². The summed E-state index contributed by atoms with van der Waals surface area (Å²) in [5, 5.41) is 18.7. The SMILES string of the molecule is CC1CCC(Oc2nccc(C#N)c2C(=O)O)CN1C(=O)c1c(F)cccc1-c1ncccn1. The van der Waals surface area contributed by atoms with Gasteiger partial charge < -0.3 is 14.7 Å². The Bertz CT molecular complexity index is 1280. The molecular weight excluding hydrogens is 441 g/mol. The van der Waals surface area contributed by atoms with Gasteiger partial charge in [-0.2, -0.15) is 5.26 Å². The Balaban J connectivity index is 1.63. The van der Waals surface area contributed by atoms with Gasteiger partial charge in [0.05, 0.1) is 17.7 Å². The lowest BCUT2D eigenvalue weighted by molar-refractivity contribution is 0.0360. The Labute approximate surface area is 194 Å². The lowest BCUT2D eigenvalue weighted by atomic mass is 9.98. The van der Waals surface area contributed by atoms with Crippen LogP contribution in [-0.4, -0.2) is 55.5 Å². The minimum absolute atomic E-state index is 0.0755. The molecule has 3 aromatic rings. The molecule has 1 aliphatic heterocycles. The van der Waals surface area contributed by atoms with Crippen molar-refractivity contribution in [3.05, 3.63) is 71.4 Å². The lowest BCUT2D eigenvalue weighted by Gasteiger charge is -2.38. The van der Waals surface area contributed by atoms with E-state index >= 15 is 0 Å². The number of nitrogens with zero attached hydrogens (tertiary/aromatic N) is 5. The molecule has 1 saturated heterocycles. The van der Waals surface area contributed by atoms with Crippen LogP contribution in [0, 0.1) is 17.1 Å². The number of hydrogen-bond acceptors (Lipinski definition) is 7. The molecule has 0 radical (unpaired) electrons. The third-order valence-corrected chi connectivity index (χ3v) is 5.66. The number of pyridine rings is 1. The highest BCUT2D eigenvalue weighted by atomic mass is 19.1. The van der Waals surface area contributed by atoms with Gasteiger partial charge in [0.15, 0.2) is 5.82 Å². The van der Waals surface area contributed by atoms with Crippen LogP contribution in [-0.2, 0) is 0 Å². The Morgan fingerprint density at radius 2 is 1.88 bits per heavy atom. The Kier molecular flexibility index (Phi) is 6.45. The van der Waals surface area contributed by atoms with Crippen LogP contribution in [0.5, 0.6) is 5.88 Å². The predicted molar refractivity (Wildman–Crippen MR) is 117 cm³/mol. The summed E-state index contributed by atoms with van der Waals surface area (Å²) in [6, 6.07) is 8.81. The van der Waals surface area contributed by atoms with Gasteiger partial charge in [0, 0.05) is 30.2 Å². The minimum Gasteiger partial charge on any atom is -0.477 e. The van der Waals surface area contributed by atoms with Crippen LogP contribution in [0.25, 0.3) is 11.4 Å². The number of aromatic carboxylic acids is 1. The highest BCUT2D eigenvalue weighted by Gasteiger charge is 2.34. The predicted octanol–water partition coefficient (Wildman–Crippen LogP) is 3.32. The van der Waals surface area contributed by atoms with Crippen LogP contribution in [0.1, 0.15) is 46.0 Å². The molecule has 34 heavy (non-hydrogen) atoms. The maximum absolute atomic E-state index is 14.9. The van der Waals surface area contributed by atoms with Gasteiger partial charge >= 0.3 is 5.97 Å². The number of piperidine rings is 1. The number of nitriles is 1. The van der Waals surface area contributed by atoms with Crippen LogP contribution in [0.4, 0.5) is 4.39 Å². The van der Waals surface area contributed by atoms with Crippen molar-refractivity contribution >= 4 is 11.9 Å². The fourth-order valence-electron chi connectivity index (χ4n) is 3.95. The van der Waals surface area contributed by atoms with E-state index in [1.165, 1.54) is 41.7 Å². The Hall–Kier alpha value is -4.39. The standard InChI is InChI=1S/C24H20FN5O4/c1-14-6-7-16(34-22-19(24(32)33)15(12-26)8-11-29-22)13-30(14)23(31)20-17(4-2-5-18(20)25)21-27-9-3-10-28-21/h2-5,8-11,14,16H,6-7,13H2,1H3,(H,32,33). The second-order valence-corrected chi connectivity index (χ2v) is 7.81. The van der Waals surface area contributed by atoms with Crippen molar-refractivity contribution in [2.75, 3.05) is 6.54 Å². The number of amides is 1. The van der Waals surface area contributed by atoms with Crippen molar-refractivity contribution in [3.8, 4) is 23.3 Å². The molecule has 1 amide bonds. The quantitative estimate of drug-likeness (QED) is 0.613. The second kappa shape index (κ2) is 9.62. The van der Waals surface area contributed by atoms with E-state index in [0.29, 0.717) is 12.8 Å². The number of carbonyl (C=O) groups excluding carboxylic acids is 1. The van der Waals surface area contributed by atoms with E-state index < -0.39 is 23.8 Å². The van der Waals surface area contributed by atoms with E-state index in [-0.39, 0.29) is 46.5 Å². The fraction of sp³-hybridized carbons (Fsp3) is 0.250. The molecule has 1 aromatic carbocycles. The molecule has 2 atom stereocenters. The first-order chi connectivity index (χ1) is 16.4. The van der Waals surface area contributed by atoms with Gasteiger partial charge in [0.2, 0.25) is 5.88 Å². The van der Waals surface area contributed by atoms with Crippen molar-refractivity contribution in [2.24, 2.45) is 0 Å². The first kappa shape index (κ1) is 22.8. The first-order valence-electron chi connectivity index (χ1n) is 10.6. The molecule has 0 bridgehead atoms. The van der Waals surface area contributed by atoms with Crippen LogP contribution in [0.2, 0.25) is 0 Å². The Morgan fingerprint density at radius 3 is 2.59 bits per heavy atom. The number of rotatable bonds is 5. The van der Waals surface area contributed by atoms with Crippen LogP contribution in [0.15, 0.2) is 48.9 Å². The second-order valence-electron chi connectivity index (χ2n) is 7.81. The summed E-state index contributed by atoms with van der Waals surface area (Å²) >= 11 is 0. The molecular formula is C24H20FN5O4. The number of benzene rings is 1. The number of likely N-dealkylation sites (tertiary alicyclic amines) is 1. The monoisotopic (exact) mass is 461 g/mol. The first-order valence-corrected chi connectivity index (χ1v) is 10.6. The molecule has 3 heterocycles. The maximum Gasteiger partial charge on any atom is 0.342 e. The van der Waals surface area contributed by atoms with Crippen LogP contribution in [0.3, 0.4) is 0 Å². The smallest absolute Gasteiger partial charge is 0.342 e. The van der Waals surface area contributed by atoms with Crippen LogP contribution >= 0.6 is 0 Å². The van der Waals surface area contributed by atoms with Gasteiger partial charge in [-0.1, -0.05) is 12.1 Å². The lowest BCUT2D eigenvalue weighted by Crippen LogP contribution is -2.49. The number of ether oxygens (including phenoxy) is 1. The number of halogens is 1. The largest absolute Gasteiger partial charge is 0.477 e. The number of carbonyl (C=O) groups is 2. The summed E-state index contributed by atoms with van der Waals surface area (Å²) < 4.78 is 20.7. The zero-order valence-electron chi connectivity index (χ0n) is 18.2. The number of carboxylic acid groups (broad SMARTS) is 1. The van der Waals surface area contributed by atoms with Crippen molar-refractivity contribution < 1.29 is 23.8 Å². The average molecular weight is 461 g/mol. The molecule has 4 rings (SSSR count). The minimum atomic E-state index is -1.34. The van der Waals surface area contributed by atoms with E-state index in [1.54, 1.807) is 12.1 Å². The van der Waals surface area contributed by atoms with Gasteiger partial charge in [-0.25, -0.2) is 24.1 Å². The number of aromatic nitrogens is 3. The summed E-state index contributed by atoms with van der Waals surface area (Å²) in [4.78, 5) is 39.0. The van der Waals surface area contributed by atoms with Gasteiger partial charge in [-0.3, -0.25) is 4.79 Å². The van der Waals surface area contributed by atoms with Crippen molar-refractivity contribution in [1.82, 2.24) is 19.9 Å². The highest BCUT2D eigenvalue weighted by molar-refractivity contribution is 6.00. The van der Waals surface area contributed by atoms with E-state index in [1.807, 2.05) is 13.0 Å². The zero-order valence-corrected chi connectivity index (χ0v) is 18.2. The molecule has 0 saturated carbocycles. The summed E-state index contributed by atoms with van der Waals surface area (Å²) in [5.74, 6) is -2.54. The summed E-state index contributed by atoms with van der Waals surface area (Å²) in [6.45, 7) is 1.94. The molecule has 1 fully saturated rings. The van der Waals surface area contributed by atoms with Gasteiger partial charge in [0.1, 0.15) is 23.6 Å². The summed E-state index contributed by atoms with van der Waals surface area (Å²) in [7, 11) is 0. The zero-order chi connectivity index (χ0) is 24.2. The fourth-order valence-corrected chi connectivity index (χ4v) is 3.95. The molecule has 2 aromatic heterocycles. The molecule has 1 N–H and O–H groups in total. The van der Waals surface area contributed by atoms with Gasteiger partial charge in [-0.15, -0.1) is 0 Å². The third-order valence-electron chi connectivity index (χ3n) is 5.66. The topological polar surface area (TPSA) is 129 Å². The molecule has 1 aliphatic rings. The van der Waals surface area contributed by atoms with Crippen LogP contribution < -0.4 is 4.74 Å². The molecule has 0 spiro atoms. The summed E-state index contributed by atoms with van der Waals surface area (Å²) in [6.07, 6.45) is 4.79. The molecule has 0 aliphatic carbocycles.